The summed E-state index contributed by atoms with van der Waals surface area (Å²) in [6, 6.07) is 2.07. The third kappa shape index (κ3) is 1.76. The van der Waals surface area contributed by atoms with E-state index in [0.29, 0.717) is 12.0 Å². The van der Waals surface area contributed by atoms with Crippen molar-refractivity contribution in [2.75, 3.05) is 6.54 Å². The molecule has 1 saturated heterocycles. The second-order valence-electron chi connectivity index (χ2n) is 4.67. The molecule has 1 aromatic heterocycles. The second-order valence-corrected chi connectivity index (χ2v) is 4.67. The van der Waals surface area contributed by atoms with Crippen molar-refractivity contribution in [3.8, 4) is 0 Å². The Kier molecular flexibility index (Phi) is 2.48. The maximum atomic E-state index is 13.1. The van der Waals surface area contributed by atoms with Gasteiger partial charge >= 0.3 is 0 Å². The van der Waals surface area contributed by atoms with Gasteiger partial charge in [0.1, 0.15) is 5.82 Å². The predicted molar refractivity (Wildman–Crippen MR) is 61.3 cm³/mol. The van der Waals surface area contributed by atoms with Gasteiger partial charge in [0.25, 0.3) is 0 Å². The molecular weight excluding hydrogens is 203 g/mol. The lowest BCUT2D eigenvalue weighted by molar-refractivity contribution is 0.341. The fourth-order valence-electron chi connectivity index (χ4n) is 2.77. The normalized spacial score (nSPS) is 28.7. The summed E-state index contributed by atoms with van der Waals surface area (Å²) in [6.45, 7) is 1.10. The number of piperidine rings is 1. The average Bonchev–Trinajstić information content (AvgIpc) is 2.72. The lowest BCUT2D eigenvalue weighted by Crippen LogP contribution is -2.37. The first-order valence-electron chi connectivity index (χ1n) is 5.88. The van der Waals surface area contributed by atoms with Crippen LogP contribution >= 0.6 is 0 Å². The molecule has 2 atom stereocenters. The number of pyridine rings is 1. The van der Waals surface area contributed by atoms with Crippen LogP contribution in [0.4, 0.5) is 4.39 Å². The van der Waals surface area contributed by atoms with Crippen LogP contribution in [0.2, 0.25) is 0 Å². The molecule has 1 aliphatic heterocycles. The van der Waals surface area contributed by atoms with Crippen molar-refractivity contribution in [3.05, 3.63) is 35.9 Å². The molecule has 2 heterocycles. The zero-order chi connectivity index (χ0) is 11.0. The summed E-state index contributed by atoms with van der Waals surface area (Å²) >= 11 is 0. The number of rotatable bonds is 1. The van der Waals surface area contributed by atoms with Crippen LogP contribution in [-0.4, -0.2) is 17.6 Å². The SMILES string of the molecule is Fc1cncc(C2=C[C@H]3NCCC[C@H]3C2)c1. The highest BCUT2D eigenvalue weighted by atomic mass is 19.1. The molecule has 0 spiro atoms. The van der Waals surface area contributed by atoms with Gasteiger partial charge in [0.05, 0.1) is 6.20 Å². The summed E-state index contributed by atoms with van der Waals surface area (Å²) < 4.78 is 13.1. The minimum atomic E-state index is -0.249. The standard InChI is InChI=1S/C13H15FN2/c14-12-5-11(7-15-8-12)10-4-9-2-1-3-16-13(9)6-10/h5-9,13,16H,1-4H2/t9-,13+/m0/s1. The minimum Gasteiger partial charge on any atom is -0.310 e. The van der Waals surface area contributed by atoms with Crippen LogP contribution in [0.25, 0.3) is 5.57 Å². The van der Waals surface area contributed by atoms with Crippen LogP contribution in [0.3, 0.4) is 0 Å². The minimum absolute atomic E-state index is 0.249. The molecule has 1 aliphatic carbocycles. The average molecular weight is 218 g/mol. The number of hydrogen-bond donors (Lipinski definition) is 1. The van der Waals surface area contributed by atoms with E-state index >= 15 is 0 Å². The van der Waals surface area contributed by atoms with Gasteiger partial charge in [0.2, 0.25) is 0 Å². The number of nitrogens with one attached hydrogen (secondary N) is 1. The summed E-state index contributed by atoms with van der Waals surface area (Å²) in [4.78, 5) is 3.91. The van der Waals surface area contributed by atoms with Gasteiger partial charge in [-0.3, -0.25) is 4.98 Å². The number of allylic oxidation sites excluding steroid dienone is 1. The Morgan fingerprint density at radius 2 is 2.31 bits per heavy atom. The zero-order valence-electron chi connectivity index (χ0n) is 9.12. The van der Waals surface area contributed by atoms with Crippen LogP contribution in [0.15, 0.2) is 24.5 Å². The molecule has 0 radical (unpaired) electrons. The van der Waals surface area contributed by atoms with E-state index in [1.807, 2.05) is 0 Å². The van der Waals surface area contributed by atoms with Gasteiger partial charge < -0.3 is 5.32 Å². The van der Waals surface area contributed by atoms with Crippen LogP contribution in [-0.2, 0) is 0 Å². The zero-order valence-corrected chi connectivity index (χ0v) is 9.12. The molecule has 3 heteroatoms. The van der Waals surface area contributed by atoms with E-state index < -0.39 is 0 Å². The monoisotopic (exact) mass is 218 g/mol. The highest BCUT2D eigenvalue weighted by Crippen LogP contribution is 2.36. The number of halogens is 1. The number of fused-ring (bicyclic) bond motifs is 1. The van der Waals surface area contributed by atoms with Crippen molar-refractivity contribution in [2.24, 2.45) is 5.92 Å². The molecule has 0 bridgehead atoms. The molecule has 1 aromatic rings. The van der Waals surface area contributed by atoms with E-state index in [0.717, 1.165) is 18.5 Å². The Morgan fingerprint density at radius 3 is 3.12 bits per heavy atom. The number of hydrogen-bond acceptors (Lipinski definition) is 2. The van der Waals surface area contributed by atoms with E-state index in [1.54, 1.807) is 12.3 Å². The van der Waals surface area contributed by atoms with E-state index in [1.165, 1.54) is 24.6 Å². The number of nitrogens with zero attached hydrogens (tertiary/aromatic N) is 1. The third-order valence-electron chi connectivity index (χ3n) is 3.58. The Labute approximate surface area is 94.6 Å². The third-order valence-corrected chi connectivity index (χ3v) is 3.58. The Bertz CT molecular complexity index is 428. The molecule has 16 heavy (non-hydrogen) atoms. The maximum Gasteiger partial charge on any atom is 0.142 e. The molecule has 0 aromatic carbocycles. The Morgan fingerprint density at radius 1 is 1.38 bits per heavy atom. The van der Waals surface area contributed by atoms with Crippen molar-refractivity contribution in [1.29, 1.82) is 0 Å². The molecule has 0 saturated carbocycles. The second kappa shape index (κ2) is 3.98. The first-order chi connectivity index (χ1) is 7.83. The van der Waals surface area contributed by atoms with Crippen molar-refractivity contribution >= 4 is 5.57 Å². The molecule has 1 fully saturated rings. The van der Waals surface area contributed by atoms with E-state index in [2.05, 4.69) is 16.4 Å². The van der Waals surface area contributed by atoms with Gasteiger partial charge in [-0.1, -0.05) is 6.08 Å². The van der Waals surface area contributed by atoms with E-state index in [-0.39, 0.29) is 5.82 Å². The van der Waals surface area contributed by atoms with Gasteiger partial charge in [-0.25, -0.2) is 4.39 Å². The number of aromatic nitrogens is 1. The first kappa shape index (κ1) is 9.97. The summed E-state index contributed by atoms with van der Waals surface area (Å²) in [5, 5.41) is 3.50. The van der Waals surface area contributed by atoms with Crippen LogP contribution in [0, 0.1) is 11.7 Å². The quantitative estimate of drug-likeness (QED) is 0.782. The fourth-order valence-corrected chi connectivity index (χ4v) is 2.77. The van der Waals surface area contributed by atoms with Gasteiger partial charge in [-0.15, -0.1) is 0 Å². The van der Waals surface area contributed by atoms with Gasteiger partial charge in [-0.05, 0) is 48.9 Å². The summed E-state index contributed by atoms with van der Waals surface area (Å²) in [5.74, 6) is 0.452. The Hall–Kier alpha value is -1.22. The molecular formula is C13H15FN2. The predicted octanol–water partition coefficient (Wildman–Crippen LogP) is 2.38. The maximum absolute atomic E-state index is 13.1. The Balaban J connectivity index is 1.86. The first-order valence-corrected chi connectivity index (χ1v) is 5.88. The molecule has 2 nitrogen and oxygen atoms in total. The van der Waals surface area contributed by atoms with Crippen molar-refractivity contribution < 1.29 is 4.39 Å². The van der Waals surface area contributed by atoms with Crippen molar-refractivity contribution in [1.82, 2.24) is 10.3 Å². The molecule has 0 amide bonds. The molecule has 0 unspecified atom stereocenters. The van der Waals surface area contributed by atoms with E-state index in [4.69, 9.17) is 0 Å². The smallest absolute Gasteiger partial charge is 0.142 e. The lowest BCUT2D eigenvalue weighted by atomic mass is 9.92. The highest BCUT2D eigenvalue weighted by molar-refractivity contribution is 5.68. The van der Waals surface area contributed by atoms with Crippen LogP contribution in [0.1, 0.15) is 24.8 Å². The highest BCUT2D eigenvalue weighted by Gasteiger charge is 2.29. The van der Waals surface area contributed by atoms with Crippen LogP contribution < -0.4 is 5.32 Å². The molecule has 84 valence electrons. The summed E-state index contributed by atoms with van der Waals surface area (Å²) in [7, 11) is 0. The van der Waals surface area contributed by atoms with Gasteiger partial charge in [-0.2, -0.15) is 0 Å². The molecule has 2 aliphatic rings. The summed E-state index contributed by atoms with van der Waals surface area (Å²) in [5.41, 5.74) is 2.19. The lowest BCUT2D eigenvalue weighted by Gasteiger charge is -2.25. The van der Waals surface area contributed by atoms with Crippen LogP contribution in [0.5, 0.6) is 0 Å². The van der Waals surface area contributed by atoms with E-state index in [9.17, 15) is 4.39 Å². The topological polar surface area (TPSA) is 24.9 Å². The fraction of sp³-hybridized carbons (Fsp3) is 0.462. The van der Waals surface area contributed by atoms with Crippen molar-refractivity contribution in [3.63, 3.8) is 0 Å². The summed E-state index contributed by atoms with van der Waals surface area (Å²) in [6.07, 6.45) is 8.85. The van der Waals surface area contributed by atoms with Crippen molar-refractivity contribution in [2.45, 2.75) is 25.3 Å². The molecule has 3 rings (SSSR count). The van der Waals surface area contributed by atoms with Gasteiger partial charge in [0, 0.05) is 12.2 Å². The largest absolute Gasteiger partial charge is 0.310 e. The van der Waals surface area contributed by atoms with Gasteiger partial charge in [0.15, 0.2) is 0 Å². The molecule has 1 N–H and O–H groups in total.